The molecule has 2 fully saturated rings. The maximum atomic E-state index is 12.1. The van der Waals surface area contributed by atoms with Crippen molar-refractivity contribution in [2.45, 2.75) is 26.2 Å². The van der Waals surface area contributed by atoms with Crippen molar-refractivity contribution in [1.29, 1.82) is 0 Å². The molecule has 4 nitrogen and oxygen atoms in total. The third-order valence-electron chi connectivity index (χ3n) is 3.85. The molecule has 0 N–H and O–H groups in total. The summed E-state index contributed by atoms with van der Waals surface area (Å²) in [5.41, 5.74) is 0.456. The summed E-state index contributed by atoms with van der Waals surface area (Å²) in [4.78, 5) is 18.1. The highest BCUT2D eigenvalue weighted by molar-refractivity contribution is 5.92. The van der Waals surface area contributed by atoms with E-state index in [9.17, 15) is 4.79 Å². The van der Waals surface area contributed by atoms with E-state index in [2.05, 4.69) is 4.98 Å². The first-order valence-corrected chi connectivity index (χ1v) is 5.95. The van der Waals surface area contributed by atoms with Crippen LogP contribution in [-0.4, -0.2) is 28.9 Å². The summed E-state index contributed by atoms with van der Waals surface area (Å²) in [6.45, 7) is 3.58. The first-order valence-electron chi connectivity index (χ1n) is 5.95. The van der Waals surface area contributed by atoms with E-state index in [1.807, 2.05) is 4.90 Å². The Hall–Kier alpha value is -1.32. The van der Waals surface area contributed by atoms with E-state index in [1.54, 1.807) is 6.92 Å². The molecule has 4 heteroatoms. The van der Waals surface area contributed by atoms with E-state index in [4.69, 9.17) is 4.42 Å². The lowest BCUT2D eigenvalue weighted by molar-refractivity contribution is 0.0775. The summed E-state index contributed by atoms with van der Waals surface area (Å²) in [6.07, 6.45) is 5.37. The van der Waals surface area contributed by atoms with Gasteiger partial charge in [0.1, 0.15) is 6.26 Å². The molecule has 3 rings (SSSR count). The lowest BCUT2D eigenvalue weighted by atomic mass is 10.0. The zero-order valence-electron chi connectivity index (χ0n) is 9.48. The number of carbonyl (C=O) groups excluding carboxylic acids is 1. The van der Waals surface area contributed by atoms with Gasteiger partial charge in [0.2, 0.25) is 0 Å². The van der Waals surface area contributed by atoms with Gasteiger partial charge in [-0.2, -0.15) is 0 Å². The van der Waals surface area contributed by atoms with E-state index in [-0.39, 0.29) is 5.91 Å². The van der Waals surface area contributed by atoms with Gasteiger partial charge in [0, 0.05) is 20.0 Å². The maximum absolute atomic E-state index is 12.1. The fraction of sp³-hybridized carbons (Fsp3) is 0.667. The predicted molar refractivity (Wildman–Crippen MR) is 58.0 cm³/mol. The van der Waals surface area contributed by atoms with Gasteiger partial charge in [0.15, 0.2) is 11.6 Å². The van der Waals surface area contributed by atoms with Crippen LogP contribution in [0.5, 0.6) is 0 Å². The summed E-state index contributed by atoms with van der Waals surface area (Å²) in [7, 11) is 0. The number of hydrogen-bond acceptors (Lipinski definition) is 3. The van der Waals surface area contributed by atoms with E-state index in [1.165, 1.54) is 25.5 Å². The molecule has 2 atom stereocenters. The van der Waals surface area contributed by atoms with Crippen molar-refractivity contribution < 1.29 is 9.21 Å². The van der Waals surface area contributed by atoms with E-state index in [0.29, 0.717) is 11.6 Å². The van der Waals surface area contributed by atoms with Crippen molar-refractivity contribution in [3.63, 3.8) is 0 Å². The third kappa shape index (κ3) is 1.52. The Labute approximate surface area is 94.6 Å². The quantitative estimate of drug-likeness (QED) is 0.725. The molecule has 1 saturated carbocycles. The molecule has 1 aliphatic carbocycles. The number of fused-ring (bicyclic) bond motifs is 1. The van der Waals surface area contributed by atoms with Gasteiger partial charge in [-0.15, -0.1) is 0 Å². The van der Waals surface area contributed by atoms with E-state index < -0.39 is 0 Å². The fourth-order valence-corrected chi connectivity index (χ4v) is 3.02. The number of aryl methyl sites for hydroxylation is 1. The first-order chi connectivity index (χ1) is 7.74. The van der Waals surface area contributed by atoms with Crippen LogP contribution in [0.15, 0.2) is 10.7 Å². The minimum Gasteiger partial charge on any atom is -0.448 e. The van der Waals surface area contributed by atoms with Gasteiger partial charge in [-0.25, -0.2) is 4.98 Å². The summed E-state index contributed by atoms with van der Waals surface area (Å²) in [6, 6.07) is 0. The molecule has 86 valence electrons. The lowest BCUT2D eigenvalue weighted by Gasteiger charge is -2.15. The number of likely N-dealkylation sites (tertiary alicyclic amines) is 1. The van der Waals surface area contributed by atoms with Gasteiger partial charge >= 0.3 is 0 Å². The van der Waals surface area contributed by atoms with Crippen molar-refractivity contribution in [1.82, 2.24) is 9.88 Å². The maximum Gasteiger partial charge on any atom is 0.275 e. The third-order valence-corrected chi connectivity index (χ3v) is 3.85. The standard InChI is InChI=1S/C12H16N2O2/c1-8-13-11(7-16-8)12(15)14-5-9-3-2-4-10(9)6-14/h7,9-10H,2-6H2,1H3. The van der Waals surface area contributed by atoms with Crippen molar-refractivity contribution >= 4 is 5.91 Å². The SMILES string of the molecule is Cc1nc(C(=O)N2CC3CCCC3C2)co1. The minimum absolute atomic E-state index is 0.0336. The van der Waals surface area contributed by atoms with Gasteiger partial charge in [0.05, 0.1) is 0 Å². The van der Waals surface area contributed by atoms with E-state index in [0.717, 1.165) is 24.9 Å². The highest BCUT2D eigenvalue weighted by atomic mass is 16.3. The normalized spacial score (nSPS) is 28.4. The second-order valence-corrected chi connectivity index (χ2v) is 4.91. The van der Waals surface area contributed by atoms with Gasteiger partial charge in [-0.05, 0) is 24.7 Å². The van der Waals surface area contributed by atoms with Crippen LogP contribution in [0.1, 0.15) is 35.6 Å². The van der Waals surface area contributed by atoms with Crippen LogP contribution < -0.4 is 0 Å². The topological polar surface area (TPSA) is 46.3 Å². The van der Waals surface area contributed by atoms with Crippen LogP contribution in [0.3, 0.4) is 0 Å². The molecule has 2 aliphatic rings. The van der Waals surface area contributed by atoms with Crippen molar-refractivity contribution in [3.05, 3.63) is 17.8 Å². The second-order valence-electron chi connectivity index (χ2n) is 4.91. The Balaban J connectivity index is 1.73. The number of rotatable bonds is 1. The Morgan fingerprint density at radius 2 is 2.12 bits per heavy atom. The van der Waals surface area contributed by atoms with Crippen molar-refractivity contribution in [3.8, 4) is 0 Å². The molecule has 0 spiro atoms. The number of aromatic nitrogens is 1. The Bertz CT molecular complexity index is 401. The van der Waals surface area contributed by atoms with Gasteiger partial charge < -0.3 is 9.32 Å². The molecule has 1 saturated heterocycles. The molecule has 0 aromatic carbocycles. The Morgan fingerprint density at radius 1 is 1.44 bits per heavy atom. The average molecular weight is 220 g/mol. The average Bonchev–Trinajstić information content (AvgIpc) is 2.89. The summed E-state index contributed by atoms with van der Waals surface area (Å²) < 4.78 is 5.08. The molecule has 0 bridgehead atoms. The first kappa shape index (κ1) is 9.87. The van der Waals surface area contributed by atoms with E-state index >= 15 is 0 Å². The fourth-order valence-electron chi connectivity index (χ4n) is 3.02. The van der Waals surface area contributed by atoms with Crippen molar-refractivity contribution in [2.24, 2.45) is 11.8 Å². The number of nitrogens with zero attached hydrogens (tertiary/aromatic N) is 2. The molecular formula is C12H16N2O2. The number of carbonyl (C=O) groups is 1. The van der Waals surface area contributed by atoms with Crippen LogP contribution in [0.25, 0.3) is 0 Å². The molecule has 1 aromatic heterocycles. The van der Waals surface area contributed by atoms with Crippen LogP contribution in [0.4, 0.5) is 0 Å². The zero-order chi connectivity index (χ0) is 11.1. The molecule has 1 amide bonds. The molecule has 1 aliphatic heterocycles. The zero-order valence-corrected chi connectivity index (χ0v) is 9.48. The molecule has 0 radical (unpaired) electrons. The van der Waals surface area contributed by atoms with Crippen LogP contribution in [-0.2, 0) is 0 Å². The largest absolute Gasteiger partial charge is 0.448 e. The monoisotopic (exact) mass is 220 g/mol. The molecular weight excluding hydrogens is 204 g/mol. The van der Waals surface area contributed by atoms with Gasteiger partial charge in [-0.1, -0.05) is 6.42 Å². The van der Waals surface area contributed by atoms with Crippen molar-refractivity contribution in [2.75, 3.05) is 13.1 Å². The van der Waals surface area contributed by atoms with Crippen LogP contribution in [0.2, 0.25) is 0 Å². The lowest BCUT2D eigenvalue weighted by Crippen LogP contribution is -2.29. The second kappa shape index (κ2) is 3.61. The summed E-state index contributed by atoms with van der Waals surface area (Å²) in [5.74, 6) is 2.06. The summed E-state index contributed by atoms with van der Waals surface area (Å²) >= 11 is 0. The number of amides is 1. The highest BCUT2D eigenvalue weighted by Gasteiger charge is 2.38. The summed E-state index contributed by atoms with van der Waals surface area (Å²) in [5, 5.41) is 0. The van der Waals surface area contributed by atoms with Gasteiger partial charge in [0.25, 0.3) is 5.91 Å². The molecule has 2 unspecified atom stereocenters. The molecule has 16 heavy (non-hydrogen) atoms. The Kier molecular flexibility index (Phi) is 2.23. The number of oxazole rings is 1. The molecule has 1 aromatic rings. The number of hydrogen-bond donors (Lipinski definition) is 0. The van der Waals surface area contributed by atoms with Crippen LogP contribution >= 0.6 is 0 Å². The predicted octanol–water partition coefficient (Wildman–Crippen LogP) is 1.86. The van der Waals surface area contributed by atoms with Gasteiger partial charge in [-0.3, -0.25) is 4.79 Å². The van der Waals surface area contributed by atoms with Crippen LogP contribution in [0, 0.1) is 18.8 Å². The minimum atomic E-state index is 0.0336. The Morgan fingerprint density at radius 3 is 2.69 bits per heavy atom. The highest BCUT2D eigenvalue weighted by Crippen LogP contribution is 2.38. The smallest absolute Gasteiger partial charge is 0.275 e. The molecule has 2 heterocycles.